The second-order valence-electron chi connectivity index (χ2n) is 1.35. The number of hydrogen-bond donors (Lipinski definition) is 0. The lowest BCUT2D eigenvalue weighted by Gasteiger charge is -1.85. The Morgan fingerprint density at radius 3 is 2.44 bits per heavy atom. The Kier molecular flexibility index (Phi) is 2.98. The molecule has 0 atom stereocenters. The molecule has 0 unspecified atom stereocenters. The van der Waals surface area contributed by atoms with Crippen LogP contribution in [0.25, 0.3) is 0 Å². The highest BCUT2D eigenvalue weighted by Gasteiger charge is 1.82. The third-order valence-corrected chi connectivity index (χ3v) is 1.06. The zero-order valence-electron chi connectivity index (χ0n) is 4.54. The third-order valence-electron chi connectivity index (χ3n) is 0.777. The van der Waals surface area contributed by atoms with E-state index in [1.165, 1.54) is 12.3 Å². The van der Waals surface area contributed by atoms with E-state index in [1.807, 2.05) is 0 Å². The lowest BCUT2D eigenvalue weighted by Crippen LogP contribution is -2.07. The van der Waals surface area contributed by atoms with Crippen molar-refractivity contribution < 1.29 is 5.48 Å². The van der Waals surface area contributed by atoms with Gasteiger partial charge in [0.15, 0.2) is 0 Å². The molecule has 0 bridgehead atoms. The van der Waals surface area contributed by atoms with Crippen LogP contribution in [0.4, 0.5) is 0 Å². The summed E-state index contributed by atoms with van der Waals surface area (Å²) in [6.07, 6.45) is 1.49. The number of pyridine rings is 1. The zero-order chi connectivity index (χ0) is 5.98. The van der Waals surface area contributed by atoms with E-state index in [4.69, 9.17) is 11.8 Å². The first-order chi connectivity index (χ1) is 3.80. The van der Waals surface area contributed by atoms with Gasteiger partial charge in [-0.1, -0.05) is 6.07 Å². The Morgan fingerprint density at radius 2 is 2.11 bits per heavy atom. The SMILES string of the molecule is O.O=c1ccccn1Cl. The van der Waals surface area contributed by atoms with Gasteiger partial charge in [-0.3, -0.25) is 4.79 Å². The molecule has 0 aliphatic heterocycles. The number of nitrogens with zero attached hydrogens (tertiary/aromatic N) is 1. The van der Waals surface area contributed by atoms with Crippen LogP contribution in [0.5, 0.6) is 0 Å². The van der Waals surface area contributed by atoms with Gasteiger partial charge in [0.05, 0.1) is 0 Å². The van der Waals surface area contributed by atoms with Gasteiger partial charge in [-0.05, 0) is 6.07 Å². The summed E-state index contributed by atoms with van der Waals surface area (Å²) in [4.78, 5) is 10.4. The van der Waals surface area contributed by atoms with E-state index in [2.05, 4.69) is 0 Å². The highest BCUT2D eigenvalue weighted by molar-refractivity contribution is 6.15. The minimum atomic E-state index is -0.200. The molecule has 9 heavy (non-hydrogen) atoms. The van der Waals surface area contributed by atoms with Gasteiger partial charge in [-0.2, -0.15) is 0 Å². The molecule has 4 heteroatoms. The van der Waals surface area contributed by atoms with E-state index in [9.17, 15) is 4.79 Å². The highest BCUT2D eigenvalue weighted by Crippen LogP contribution is 1.80. The average Bonchev–Trinajstić information content (AvgIpc) is 1.77. The maximum atomic E-state index is 10.4. The monoisotopic (exact) mass is 147 g/mol. The van der Waals surface area contributed by atoms with Gasteiger partial charge in [0, 0.05) is 24.0 Å². The topological polar surface area (TPSA) is 53.5 Å². The molecule has 2 N–H and O–H groups in total. The third kappa shape index (κ3) is 1.87. The van der Waals surface area contributed by atoms with Crippen LogP contribution in [0.3, 0.4) is 0 Å². The van der Waals surface area contributed by atoms with Gasteiger partial charge in [0.25, 0.3) is 5.56 Å². The molecule has 0 aromatic carbocycles. The van der Waals surface area contributed by atoms with E-state index in [0.717, 1.165) is 4.09 Å². The fourth-order valence-electron chi connectivity index (χ4n) is 0.408. The molecule has 0 saturated heterocycles. The molecule has 1 heterocycles. The van der Waals surface area contributed by atoms with Crippen LogP contribution in [0.15, 0.2) is 29.2 Å². The Balaban J connectivity index is 0.000000640. The Labute approximate surface area is 56.9 Å². The van der Waals surface area contributed by atoms with Crippen molar-refractivity contribution in [2.24, 2.45) is 0 Å². The Morgan fingerprint density at radius 1 is 1.44 bits per heavy atom. The summed E-state index contributed by atoms with van der Waals surface area (Å²) in [5.74, 6) is 0. The van der Waals surface area contributed by atoms with Crippen molar-refractivity contribution in [2.45, 2.75) is 0 Å². The summed E-state index contributed by atoms with van der Waals surface area (Å²) in [5.41, 5.74) is -0.200. The average molecular weight is 148 g/mol. The molecule has 0 spiro atoms. The first kappa shape index (κ1) is 8.20. The maximum absolute atomic E-state index is 10.4. The summed E-state index contributed by atoms with van der Waals surface area (Å²) in [6.45, 7) is 0. The van der Waals surface area contributed by atoms with Crippen molar-refractivity contribution in [1.29, 1.82) is 0 Å². The molecule has 1 aromatic rings. The molecule has 3 nitrogen and oxygen atoms in total. The normalized spacial score (nSPS) is 8.11. The minimum Gasteiger partial charge on any atom is -0.412 e. The molecular weight excluding hydrogens is 142 g/mol. The molecule has 0 saturated carbocycles. The van der Waals surface area contributed by atoms with Crippen molar-refractivity contribution >= 4 is 11.8 Å². The van der Waals surface area contributed by atoms with Crippen molar-refractivity contribution in [2.75, 3.05) is 0 Å². The molecule has 0 aliphatic rings. The summed E-state index contributed by atoms with van der Waals surface area (Å²) < 4.78 is 1.00. The molecule has 50 valence electrons. The Hall–Kier alpha value is -0.800. The van der Waals surface area contributed by atoms with Gasteiger partial charge in [-0.25, -0.2) is 4.09 Å². The zero-order valence-corrected chi connectivity index (χ0v) is 5.30. The van der Waals surface area contributed by atoms with E-state index in [1.54, 1.807) is 12.1 Å². The predicted octanol–water partition coefficient (Wildman–Crippen LogP) is 0.0255. The largest absolute Gasteiger partial charge is 0.412 e. The van der Waals surface area contributed by atoms with Crippen LogP contribution < -0.4 is 5.56 Å². The van der Waals surface area contributed by atoms with Crippen LogP contribution >= 0.6 is 11.8 Å². The number of rotatable bonds is 0. The van der Waals surface area contributed by atoms with Crippen LogP contribution in [0, 0.1) is 0 Å². The minimum absolute atomic E-state index is 0. The second-order valence-corrected chi connectivity index (χ2v) is 1.71. The molecular formula is C5H6ClNO2. The molecule has 0 radical (unpaired) electrons. The number of aromatic nitrogens is 1. The van der Waals surface area contributed by atoms with Gasteiger partial charge in [0.2, 0.25) is 0 Å². The van der Waals surface area contributed by atoms with Gasteiger partial charge >= 0.3 is 0 Å². The Bertz CT molecular complexity index is 232. The first-order valence-electron chi connectivity index (χ1n) is 2.14. The summed E-state index contributed by atoms with van der Waals surface area (Å²) in [6, 6.07) is 4.72. The standard InChI is InChI=1S/C5H4ClNO.H2O/c6-7-4-2-1-3-5(7)8;/h1-4H;1H2. The quantitative estimate of drug-likeness (QED) is 0.511. The highest BCUT2D eigenvalue weighted by atomic mass is 35.5. The van der Waals surface area contributed by atoms with Gasteiger partial charge in [0.1, 0.15) is 0 Å². The fraction of sp³-hybridized carbons (Fsp3) is 0. The molecule has 1 aromatic heterocycles. The van der Waals surface area contributed by atoms with Crippen molar-refractivity contribution in [3.05, 3.63) is 34.7 Å². The van der Waals surface area contributed by atoms with Crippen LogP contribution in [0.2, 0.25) is 0 Å². The molecule has 0 amide bonds. The maximum Gasteiger partial charge on any atom is 0.265 e. The number of halogens is 1. The molecule has 0 aliphatic carbocycles. The van der Waals surface area contributed by atoms with E-state index < -0.39 is 0 Å². The molecule has 0 fully saturated rings. The van der Waals surface area contributed by atoms with E-state index in [-0.39, 0.29) is 11.0 Å². The second kappa shape index (κ2) is 3.27. The van der Waals surface area contributed by atoms with Crippen molar-refractivity contribution in [1.82, 2.24) is 4.09 Å². The van der Waals surface area contributed by atoms with E-state index in [0.29, 0.717) is 0 Å². The fourth-order valence-corrected chi connectivity index (χ4v) is 0.529. The van der Waals surface area contributed by atoms with Gasteiger partial charge < -0.3 is 5.48 Å². The predicted molar refractivity (Wildman–Crippen MR) is 35.6 cm³/mol. The van der Waals surface area contributed by atoms with Crippen molar-refractivity contribution in [3.8, 4) is 0 Å². The molecule has 1 rings (SSSR count). The van der Waals surface area contributed by atoms with Crippen LogP contribution in [-0.2, 0) is 0 Å². The lowest BCUT2D eigenvalue weighted by atomic mass is 10.5. The van der Waals surface area contributed by atoms with Crippen molar-refractivity contribution in [3.63, 3.8) is 0 Å². The number of hydrogen-bond acceptors (Lipinski definition) is 1. The van der Waals surface area contributed by atoms with Crippen LogP contribution in [0.1, 0.15) is 0 Å². The summed E-state index contributed by atoms with van der Waals surface area (Å²) >= 11 is 5.31. The first-order valence-corrected chi connectivity index (χ1v) is 2.48. The summed E-state index contributed by atoms with van der Waals surface area (Å²) in [5, 5.41) is 0. The smallest absolute Gasteiger partial charge is 0.265 e. The van der Waals surface area contributed by atoms with Crippen LogP contribution in [-0.4, -0.2) is 9.56 Å². The lowest BCUT2D eigenvalue weighted by molar-refractivity contribution is 0.824. The summed E-state index contributed by atoms with van der Waals surface area (Å²) in [7, 11) is 0. The van der Waals surface area contributed by atoms with Gasteiger partial charge in [-0.15, -0.1) is 0 Å². The van der Waals surface area contributed by atoms with E-state index >= 15 is 0 Å².